The third kappa shape index (κ3) is 4.12. The number of nitrogens with two attached hydrogens (primary N) is 1. The maximum Gasteiger partial charge on any atom is 0.380 e. The van der Waals surface area contributed by atoms with Crippen LogP contribution in [-0.4, -0.2) is 6.61 Å². The molecule has 0 aliphatic carbocycles. The summed E-state index contributed by atoms with van der Waals surface area (Å²) in [7, 11) is -2.05. The van der Waals surface area contributed by atoms with Crippen LogP contribution >= 0.6 is 8.60 Å². The molecule has 0 amide bonds. The fourth-order valence-electron chi connectivity index (χ4n) is 0.136. The highest BCUT2D eigenvalue weighted by molar-refractivity contribution is 7.40. The molecule has 0 heterocycles. The highest BCUT2D eigenvalue weighted by atomic mass is 31.2. The second kappa shape index (κ2) is 4.43. The van der Waals surface area contributed by atoms with Gasteiger partial charge >= 0.3 is 8.60 Å². The highest BCUT2D eigenvalue weighted by Gasteiger charge is 2.02. The van der Waals surface area contributed by atoms with E-state index in [1.807, 2.05) is 0 Å². The molecule has 0 saturated carbocycles. The molecule has 1 atom stereocenters. The molecule has 0 bridgehead atoms. The van der Waals surface area contributed by atoms with Crippen molar-refractivity contribution in [2.45, 2.75) is 6.92 Å². The topological polar surface area (TPSA) is 64.4 Å². The van der Waals surface area contributed by atoms with Crippen molar-refractivity contribution < 1.29 is 14.0 Å². The summed E-state index contributed by atoms with van der Waals surface area (Å²) in [5.74, 6) is 4.45. The molecule has 0 rings (SSSR count). The van der Waals surface area contributed by atoms with E-state index in [4.69, 9.17) is 0 Å². The van der Waals surface area contributed by atoms with Crippen LogP contribution in [0.5, 0.6) is 0 Å². The van der Waals surface area contributed by atoms with E-state index >= 15 is 0 Å². The Morgan fingerprint density at radius 1 is 1.86 bits per heavy atom. The maximum absolute atomic E-state index is 9.99. The summed E-state index contributed by atoms with van der Waals surface area (Å²) in [6.45, 7) is 2.05. The largest absolute Gasteiger partial charge is 0.380 e. The standard InChI is InChI=1S/C2H7NO3P/c1-2-5-7(4)6-3/h2-3H2,1H3. The lowest BCUT2D eigenvalue weighted by Crippen LogP contribution is -1.93. The van der Waals surface area contributed by atoms with Gasteiger partial charge in [0, 0.05) is 0 Å². The fraction of sp³-hybridized carbons (Fsp3) is 1.00. The average molecular weight is 124 g/mol. The van der Waals surface area contributed by atoms with Crippen LogP contribution in [0.1, 0.15) is 6.92 Å². The smallest absolute Gasteiger partial charge is 0.310 e. The maximum atomic E-state index is 9.99. The Morgan fingerprint density at radius 3 is 2.57 bits per heavy atom. The summed E-state index contributed by atoms with van der Waals surface area (Å²) in [6, 6.07) is 0. The van der Waals surface area contributed by atoms with Gasteiger partial charge in [-0.05, 0) is 6.92 Å². The van der Waals surface area contributed by atoms with Crippen molar-refractivity contribution in [3.8, 4) is 0 Å². The minimum Gasteiger partial charge on any atom is -0.310 e. The van der Waals surface area contributed by atoms with E-state index in [0.717, 1.165) is 0 Å². The quantitative estimate of drug-likeness (QED) is 0.441. The second-order valence-corrected chi connectivity index (χ2v) is 1.66. The molecule has 43 valence electrons. The van der Waals surface area contributed by atoms with Gasteiger partial charge in [0.05, 0.1) is 6.61 Å². The van der Waals surface area contributed by atoms with Crippen LogP contribution in [0.25, 0.3) is 0 Å². The summed E-state index contributed by atoms with van der Waals surface area (Å²) in [5, 5.41) is 0. The van der Waals surface area contributed by atoms with Gasteiger partial charge in [0.2, 0.25) is 0 Å². The molecule has 5 heteroatoms. The zero-order valence-electron chi connectivity index (χ0n) is 3.96. The van der Waals surface area contributed by atoms with E-state index in [-0.39, 0.29) is 0 Å². The Kier molecular flexibility index (Phi) is 4.60. The van der Waals surface area contributed by atoms with Gasteiger partial charge in [-0.15, -0.1) is 4.89 Å². The van der Waals surface area contributed by atoms with Crippen LogP contribution in [0, 0.1) is 0 Å². The number of hydrogen-bond donors (Lipinski definition) is 1. The van der Waals surface area contributed by atoms with E-state index in [0.29, 0.717) is 6.61 Å². The van der Waals surface area contributed by atoms with E-state index in [1.54, 1.807) is 6.92 Å². The van der Waals surface area contributed by atoms with E-state index in [1.165, 1.54) is 0 Å². The molecule has 0 aliphatic heterocycles. The molecular weight excluding hydrogens is 117 g/mol. The zero-order valence-corrected chi connectivity index (χ0v) is 4.85. The van der Waals surface area contributed by atoms with Gasteiger partial charge in [-0.2, -0.15) is 0 Å². The first-order valence-corrected chi connectivity index (χ1v) is 2.87. The molecule has 0 spiro atoms. The summed E-state index contributed by atoms with van der Waals surface area (Å²) >= 11 is 0. The van der Waals surface area contributed by atoms with Crippen LogP contribution in [0.4, 0.5) is 0 Å². The van der Waals surface area contributed by atoms with Crippen LogP contribution < -0.4 is 5.90 Å². The summed E-state index contributed by atoms with van der Waals surface area (Å²) in [4.78, 5) is 9.99. The molecule has 2 N–H and O–H groups in total. The molecule has 0 aromatic rings. The van der Waals surface area contributed by atoms with Crippen LogP contribution in [0.2, 0.25) is 0 Å². The van der Waals surface area contributed by atoms with Gasteiger partial charge in [-0.3, -0.25) is 0 Å². The van der Waals surface area contributed by atoms with Gasteiger partial charge < -0.3 is 4.52 Å². The zero-order chi connectivity index (χ0) is 5.70. The molecule has 4 nitrogen and oxygen atoms in total. The lowest BCUT2D eigenvalue weighted by molar-refractivity contribution is 0.188. The van der Waals surface area contributed by atoms with Gasteiger partial charge in [-0.25, -0.2) is 10.5 Å². The monoisotopic (exact) mass is 124 g/mol. The molecule has 1 unspecified atom stereocenters. The first-order chi connectivity index (χ1) is 3.31. The fourth-order valence-corrected chi connectivity index (χ4v) is 0.408. The molecule has 0 aromatic carbocycles. The molecule has 1 radical (unpaired) electrons. The number of hydrogen-bond acceptors (Lipinski definition) is 3. The Hall–Kier alpha value is 0.270. The van der Waals surface area contributed by atoms with Gasteiger partial charge in [0.25, 0.3) is 0 Å². The van der Waals surface area contributed by atoms with Crippen LogP contribution in [0.3, 0.4) is 0 Å². The van der Waals surface area contributed by atoms with E-state index in [2.05, 4.69) is 15.0 Å². The first-order valence-electron chi connectivity index (χ1n) is 1.78. The third-order valence-electron chi connectivity index (χ3n) is 0.321. The molecule has 0 aliphatic rings. The molecular formula is C2H7NO3P. The first kappa shape index (κ1) is 7.27. The predicted molar refractivity (Wildman–Crippen MR) is 24.5 cm³/mol. The van der Waals surface area contributed by atoms with Gasteiger partial charge in [0.15, 0.2) is 0 Å². The summed E-state index contributed by atoms with van der Waals surface area (Å²) in [5.41, 5.74) is 0. The highest BCUT2D eigenvalue weighted by Crippen LogP contribution is 2.30. The molecule has 7 heavy (non-hydrogen) atoms. The van der Waals surface area contributed by atoms with Crippen molar-refractivity contribution in [2.24, 2.45) is 5.90 Å². The van der Waals surface area contributed by atoms with Crippen LogP contribution in [0.15, 0.2) is 0 Å². The van der Waals surface area contributed by atoms with E-state index < -0.39 is 8.60 Å². The molecule has 0 aromatic heterocycles. The third-order valence-corrected chi connectivity index (χ3v) is 0.962. The van der Waals surface area contributed by atoms with Gasteiger partial charge in [0.1, 0.15) is 0 Å². The SMILES string of the molecule is CCOP([O])ON. The minimum atomic E-state index is -2.05. The van der Waals surface area contributed by atoms with Crippen molar-refractivity contribution in [3.05, 3.63) is 0 Å². The molecule has 0 fully saturated rings. The minimum absolute atomic E-state index is 0.354. The predicted octanol–water partition coefficient (Wildman–Crippen LogP) is 0.571. The van der Waals surface area contributed by atoms with Crippen molar-refractivity contribution >= 4 is 8.60 Å². The van der Waals surface area contributed by atoms with Crippen molar-refractivity contribution in [2.75, 3.05) is 6.61 Å². The Morgan fingerprint density at radius 2 is 2.43 bits per heavy atom. The van der Waals surface area contributed by atoms with Crippen LogP contribution in [-0.2, 0) is 14.0 Å². The lowest BCUT2D eigenvalue weighted by atomic mass is 10.9. The second-order valence-electron chi connectivity index (χ2n) is 0.747. The van der Waals surface area contributed by atoms with Gasteiger partial charge in [-0.1, -0.05) is 0 Å². The lowest BCUT2D eigenvalue weighted by Gasteiger charge is -1.98. The summed E-state index contributed by atoms with van der Waals surface area (Å²) < 4.78 is 8.13. The normalized spacial score (nSPS) is 14.1. The Balaban J connectivity index is 2.83. The molecule has 0 saturated heterocycles. The van der Waals surface area contributed by atoms with Crippen molar-refractivity contribution in [1.29, 1.82) is 0 Å². The van der Waals surface area contributed by atoms with Crippen molar-refractivity contribution in [1.82, 2.24) is 0 Å². The van der Waals surface area contributed by atoms with E-state index in [9.17, 15) is 4.89 Å². The Labute approximate surface area is 43.2 Å². The van der Waals surface area contributed by atoms with Crippen molar-refractivity contribution in [3.63, 3.8) is 0 Å². The average Bonchev–Trinajstić information content (AvgIpc) is 1.68. The number of rotatable bonds is 3. The Bertz CT molecular complexity index is 43.9. The summed E-state index contributed by atoms with van der Waals surface area (Å²) in [6.07, 6.45) is 0.